The van der Waals surface area contributed by atoms with Crippen molar-refractivity contribution in [1.29, 1.82) is 0 Å². The number of aliphatic hydroxyl groups excluding tert-OH is 1. The van der Waals surface area contributed by atoms with Gasteiger partial charge < -0.3 is 14.6 Å². The lowest BCUT2D eigenvalue weighted by molar-refractivity contribution is -0.103. The third kappa shape index (κ3) is 3.36. The number of nitrogens with zero attached hydrogens (tertiary/aromatic N) is 2. The number of rotatable bonds is 5. The van der Waals surface area contributed by atoms with Crippen molar-refractivity contribution in [3.63, 3.8) is 0 Å². The summed E-state index contributed by atoms with van der Waals surface area (Å²) >= 11 is 0. The van der Waals surface area contributed by atoms with Gasteiger partial charge in [0, 0.05) is 24.3 Å². The van der Waals surface area contributed by atoms with Gasteiger partial charge in [-0.3, -0.25) is 9.88 Å². The predicted molar refractivity (Wildman–Crippen MR) is 79.3 cm³/mol. The molecule has 0 radical (unpaired) electrons. The molecular weight excluding hydrogens is 268 g/mol. The summed E-state index contributed by atoms with van der Waals surface area (Å²) < 4.78 is 11.4. The molecule has 2 fully saturated rings. The van der Waals surface area contributed by atoms with Crippen LogP contribution in [0.15, 0.2) is 18.5 Å². The van der Waals surface area contributed by atoms with Gasteiger partial charge in [-0.1, -0.05) is 6.92 Å². The second-order valence-corrected chi connectivity index (χ2v) is 5.91. The van der Waals surface area contributed by atoms with Crippen LogP contribution in [0.4, 0.5) is 0 Å². The van der Waals surface area contributed by atoms with E-state index in [4.69, 9.17) is 9.47 Å². The SMILES string of the molecule is CCCOc1cncc(C(O)C2CN3CCCC3CO2)c1. The molecule has 0 bridgehead atoms. The molecule has 3 heterocycles. The van der Waals surface area contributed by atoms with E-state index in [-0.39, 0.29) is 6.10 Å². The number of aliphatic hydroxyl groups is 1. The molecule has 0 aliphatic carbocycles. The van der Waals surface area contributed by atoms with E-state index in [1.165, 1.54) is 12.8 Å². The normalized spacial score (nSPS) is 27.3. The summed E-state index contributed by atoms with van der Waals surface area (Å²) in [6.45, 7) is 5.37. The number of aromatic nitrogens is 1. The van der Waals surface area contributed by atoms with Crippen LogP contribution in [-0.2, 0) is 4.74 Å². The first-order valence-electron chi connectivity index (χ1n) is 7.89. The second kappa shape index (κ2) is 6.73. The zero-order chi connectivity index (χ0) is 14.7. The lowest BCUT2D eigenvalue weighted by atomic mass is 10.0. The average molecular weight is 292 g/mol. The van der Waals surface area contributed by atoms with Gasteiger partial charge in [0.1, 0.15) is 18.0 Å². The van der Waals surface area contributed by atoms with Crippen LogP contribution in [-0.4, -0.2) is 53.4 Å². The summed E-state index contributed by atoms with van der Waals surface area (Å²) in [6, 6.07) is 2.41. The van der Waals surface area contributed by atoms with Crippen LogP contribution < -0.4 is 4.74 Å². The van der Waals surface area contributed by atoms with Crippen LogP contribution in [0.25, 0.3) is 0 Å². The Kier molecular flexibility index (Phi) is 4.73. The van der Waals surface area contributed by atoms with Crippen LogP contribution >= 0.6 is 0 Å². The Morgan fingerprint density at radius 3 is 3.29 bits per heavy atom. The molecule has 2 saturated heterocycles. The van der Waals surface area contributed by atoms with Crippen molar-refractivity contribution in [3.8, 4) is 5.75 Å². The highest BCUT2D eigenvalue weighted by atomic mass is 16.5. The Hall–Kier alpha value is -1.17. The number of fused-ring (bicyclic) bond motifs is 1. The van der Waals surface area contributed by atoms with E-state index in [0.717, 1.165) is 31.7 Å². The topological polar surface area (TPSA) is 54.8 Å². The molecule has 5 heteroatoms. The summed E-state index contributed by atoms with van der Waals surface area (Å²) in [5.74, 6) is 0.711. The summed E-state index contributed by atoms with van der Waals surface area (Å²) in [5, 5.41) is 10.6. The zero-order valence-electron chi connectivity index (χ0n) is 12.6. The number of morpholine rings is 1. The Balaban J connectivity index is 1.65. The summed E-state index contributed by atoms with van der Waals surface area (Å²) in [4.78, 5) is 6.60. The fraction of sp³-hybridized carbons (Fsp3) is 0.688. The van der Waals surface area contributed by atoms with Crippen LogP contribution in [0.2, 0.25) is 0 Å². The van der Waals surface area contributed by atoms with Crippen molar-refractivity contribution < 1.29 is 14.6 Å². The maximum atomic E-state index is 10.6. The maximum Gasteiger partial charge on any atom is 0.137 e. The Morgan fingerprint density at radius 1 is 1.52 bits per heavy atom. The molecule has 116 valence electrons. The molecule has 0 amide bonds. The van der Waals surface area contributed by atoms with Crippen molar-refractivity contribution in [1.82, 2.24) is 9.88 Å². The van der Waals surface area contributed by atoms with E-state index in [0.29, 0.717) is 18.4 Å². The molecule has 1 aromatic heterocycles. The molecule has 2 aliphatic rings. The standard InChI is InChI=1S/C16H24N2O3/c1-2-6-20-14-7-12(8-17-9-14)16(19)15-10-18-5-3-4-13(18)11-21-15/h7-9,13,15-16,19H,2-6,10-11H2,1H3. The molecule has 1 N–H and O–H groups in total. The first-order valence-corrected chi connectivity index (χ1v) is 7.89. The molecule has 2 aliphatic heterocycles. The maximum absolute atomic E-state index is 10.6. The van der Waals surface area contributed by atoms with Crippen LogP contribution in [0.1, 0.15) is 37.9 Å². The first-order chi connectivity index (χ1) is 10.3. The lowest BCUT2D eigenvalue weighted by Crippen LogP contribution is -2.48. The largest absolute Gasteiger partial charge is 0.492 e. The van der Waals surface area contributed by atoms with E-state index in [9.17, 15) is 5.11 Å². The van der Waals surface area contributed by atoms with E-state index in [1.807, 2.05) is 6.07 Å². The molecule has 3 atom stereocenters. The Labute approximate surface area is 125 Å². The van der Waals surface area contributed by atoms with Crippen molar-refractivity contribution in [2.24, 2.45) is 0 Å². The summed E-state index contributed by atoms with van der Waals surface area (Å²) in [6.07, 6.45) is 5.96. The molecular formula is C16H24N2O3. The van der Waals surface area contributed by atoms with E-state index in [1.54, 1.807) is 12.4 Å². The van der Waals surface area contributed by atoms with E-state index in [2.05, 4.69) is 16.8 Å². The van der Waals surface area contributed by atoms with Gasteiger partial charge >= 0.3 is 0 Å². The molecule has 21 heavy (non-hydrogen) atoms. The van der Waals surface area contributed by atoms with Gasteiger partial charge in [-0.2, -0.15) is 0 Å². The number of ether oxygens (including phenoxy) is 2. The Bertz CT molecular complexity index is 469. The minimum absolute atomic E-state index is 0.178. The highest BCUT2D eigenvalue weighted by molar-refractivity contribution is 5.26. The third-order valence-electron chi connectivity index (χ3n) is 4.32. The minimum Gasteiger partial charge on any atom is -0.492 e. The van der Waals surface area contributed by atoms with E-state index < -0.39 is 6.10 Å². The quantitative estimate of drug-likeness (QED) is 0.896. The van der Waals surface area contributed by atoms with Gasteiger partial charge in [-0.25, -0.2) is 0 Å². The van der Waals surface area contributed by atoms with Crippen LogP contribution in [0, 0.1) is 0 Å². The molecule has 0 spiro atoms. The van der Waals surface area contributed by atoms with Crippen molar-refractivity contribution >= 4 is 0 Å². The molecule has 3 rings (SSSR count). The van der Waals surface area contributed by atoms with Gasteiger partial charge in [0.25, 0.3) is 0 Å². The summed E-state index contributed by atoms with van der Waals surface area (Å²) in [7, 11) is 0. The van der Waals surface area contributed by atoms with Gasteiger partial charge in [-0.05, 0) is 31.9 Å². The van der Waals surface area contributed by atoms with Crippen LogP contribution in [0.5, 0.6) is 5.75 Å². The van der Waals surface area contributed by atoms with Crippen LogP contribution in [0.3, 0.4) is 0 Å². The monoisotopic (exact) mass is 292 g/mol. The predicted octanol–water partition coefficient (Wildman–Crippen LogP) is 1.77. The fourth-order valence-corrected chi connectivity index (χ4v) is 3.14. The third-order valence-corrected chi connectivity index (χ3v) is 4.32. The highest BCUT2D eigenvalue weighted by Crippen LogP contribution is 2.29. The summed E-state index contributed by atoms with van der Waals surface area (Å²) in [5.41, 5.74) is 0.770. The number of hydrogen-bond acceptors (Lipinski definition) is 5. The van der Waals surface area contributed by atoms with Gasteiger partial charge in [0.2, 0.25) is 0 Å². The fourth-order valence-electron chi connectivity index (χ4n) is 3.14. The first kappa shape index (κ1) is 14.8. The molecule has 0 saturated carbocycles. The zero-order valence-corrected chi connectivity index (χ0v) is 12.6. The average Bonchev–Trinajstić information content (AvgIpc) is 3.00. The molecule has 0 aromatic carbocycles. The van der Waals surface area contributed by atoms with Crippen molar-refractivity contribution in [2.75, 3.05) is 26.3 Å². The van der Waals surface area contributed by atoms with Crippen molar-refractivity contribution in [3.05, 3.63) is 24.0 Å². The smallest absolute Gasteiger partial charge is 0.137 e. The second-order valence-electron chi connectivity index (χ2n) is 5.91. The number of pyridine rings is 1. The Morgan fingerprint density at radius 2 is 2.43 bits per heavy atom. The molecule has 1 aromatic rings. The molecule has 3 unspecified atom stereocenters. The van der Waals surface area contributed by atoms with Gasteiger partial charge in [0.05, 0.1) is 19.4 Å². The van der Waals surface area contributed by atoms with E-state index >= 15 is 0 Å². The molecule has 5 nitrogen and oxygen atoms in total. The van der Waals surface area contributed by atoms with Gasteiger partial charge in [-0.15, -0.1) is 0 Å². The highest BCUT2D eigenvalue weighted by Gasteiger charge is 2.35. The lowest BCUT2D eigenvalue weighted by Gasteiger charge is -2.37. The minimum atomic E-state index is -0.649. The van der Waals surface area contributed by atoms with Crippen molar-refractivity contribution in [2.45, 2.75) is 44.4 Å². The van der Waals surface area contributed by atoms with Gasteiger partial charge in [0.15, 0.2) is 0 Å². The number of hydrogen-bond donors (Lipinski definition) is 1.